The highest BCUT2D eigenvalue weighted by molar-refractivity contribution is 7.87. The minimum atomic E-state index is -4.77. The van der Waals surface area contributed by atoms with E-state index in [1.54, 1.807) is 9.80 Å². The van der Waals surface area contributed by atoms with Gasteiger partial charge in [-0.05, 0) is 55.4 Å². The maximum Gasteiger partial charge on any atom is 0.316 e. The third-order valence-corrected chi connectivity index (χ3v) is 6.39. The minimum absolute atomic E-state index is 0. The van der Waals surface area contributed by atoms with E-state index in [0.717, 1.165) is 11.6 Å². The van der Waals surface area contributed by atoms with E-state index < -0.39 is 61.4 Å². The number of carbonyl (C=O) groups excluding carboxylic acids is 3. The summed E-state index contributed by atoms with van der Waals surface area (Å²) < 4.78 is 76.2. The van der Waals surface area contributed by atoms with E-state index >= 15 is 0 Å². The Balaban J connectivity index is -0.0000000759. The lowest BCUT2D eigenvalue weighted by molar-refractivity contribution is -0.894. The van der Waals surface area contributed by atoms with Gasteiger partial charge in [-0.1, -0.05) is 22.3 Å². The van der Waals surface area contributed by atoms with Gasteiger partial charge in [-0.3, -0.25) is 19.1 Å². The minimum Gasteiger partial charge on any atom is -0.750 e. The second kappa shape index (κ2) is 33.1. The molecule has 1 atom stereocenters. The van der Waals surface area contributed by atoms with Crippen LogP contribution in [0.1, 0.15) is 84.1 Å². The fraction of sp³-hybridized carbons (Fsp3) is 0.792. The van der Waals surface area contributed by atoms with Crippen LogP contribution in [0.2, 0.25) is 0 Å². The first-order chi connectivity index (χ1) is 18.3. The molecule has 0 aliphatic carbocycles. The molecule has 0 aromatic heterocycles. The number of quaternary nitrogens is 2. The first-order valence-corrected chi connectivity index (χ1v) is 16.2. The van der Waals surface area contributed by atoms with Crippen molar-refractivity contribution in [2.45, 2.75) is 84.1 Å². The van der Waals surface area contributed by atoms with Crippen LogP contribution in [0.25, 0.3) is 0 Å². The van der Waals surface area contributed by atoms with E-state index in [2.05, 4.69) is 50.1 Å². The van der Waals surface area contributed by atoms with Gasteiger partial charge in [0.25, 0.3) is 0 Å². The molecule has 264 valence electrons. The molecule has 19 heteroatoms. The van der Waals surface area contributed by atoms with Crippen LogP contribution in [0.15, 0.2) is 11.8 Å². The highest BCUT2D eigenvalue weighted by Gasteiger charge is 2.22. The van der Waals surface area contributed by atoms with E-state index in [1.807, 2.05) is 0 Å². The number of carbonyl (C=O) groups is 3. The average molecular weight is 691 g/mol. The topological polar surface area (TPSA) is 245 Å². The molecule has 0 aromatic rings. The molecule has 1 aliphatic heterocycles. The van der Waals surface area contributed by atoms with Gasteiger partial charge in [-0.2, -0.15) is 8.42 Å². The number of hydrogen-bond donors (Lipinski definition) is 3. The molecule has 0 spiro atoms. The summed E-state index contributed by atoms with van der Waals surface area (Å²) in [7, 11) is -8.37. The molecular weight excluding hydrogens is 634 g/mol. The highest BCUT2D eigenvalue weighted by atomic mass is 32.2. The van der Waals surface area contributed by atoms with Crippen molar-refractivity contribution in [3.05, 3.63) is 11.8 Å². The number of nitrogens with one attached hydrogen (secondary N) is 3. The van der Waals surface area contributed by atoms with Crippen molar-refractivity contribution in [2.24, 2.45) is 0 Å². The van der Waals surface area contributed by atoms with Gasteiger partial charge < -0.3 is 32.7 Å². The molecule has 0 aromatic carbocycles. The van der Waals surface area contributed by atoms with Crippen LogP contribution >= 0.6 is 0 Å². The quantitative estimate of drug-likeness (QED) is 0.0573. The highest BCUT2D eigenvalue weighted by Crippen LogP contribution is 2.09. The maximum absolute atomic E-state index is 10.6. The summed E-state index contributed by atoms with van der Waals surface area (Å²) in [5.41, 5.74) is 0. The van der Waals surface area contributed by atoms with Crippen molar-refractivity contribution in [1.29, 1.82) is 0 Å². The summed E-state index contributed by atoms with van der Waals surface area (Å²) in [6.07, 6.45) is 0.572. The number of amides is 1. The normalized spacial score (nSPS) is 13.2. The van der Waals surface area contributed by atoms with Crippen molar-refractivity contribution in [3.8, 4) is 0 Å². The van der Waals surface area contributed by atoms with Gasteiger partial charge in [-0.25, -0.2) is 12.6 Å². The molecule has 0 saturated carbocycles. The first kappa shape index (κ1) is 56.9. The molecule has 1 heterocycles. The third kappa shape index (κ3) is 47.3. The lowest BCUT2D eigenvalue weighted by Crippen LogP contribution is -3.11. The number of rotatable bonds is 10. The molecule has 1 unspecified atom stereocenters. The summed E-state index contributed by atoms with van der Waals surface area (Å²) in [6.45, 7) is 23.5. The fourth-order valence-corrected chi connectivity index (χ4v) is 3.89. The molecule has 0 radical (unpaired) electrons. The van der Waals surface area contributed by atoms with Crippen LogP contribution in [0.3, 0.4) is 0 Å². The van der Waals surface area contributed by atoms with Crippen LogP contribution < -0.4 is 19.8 Å². The zero-order chi connectivity index (χ0) is 32.5. The van der Waals surface area contributed by atoms with Gasteiger partial charge in [0.05, 0.1) is 57.1 Å². The smallest absolute Gasteiger partial charge is 0.316 e. The Bertz CT molecular complexity index is 957. The lowest BCUT2D eigenvalue weighted by Gasteiger charge is -2.10. The van der Waals surface area contributed by atoms with E-state index in [0.29, 0.717) is 0 Å². The molecule has 1 amide bonds. The van der Waals surface area contributed by atoms with Gasteiger partial charge in [-0.15, -0.1) is 0 Å². The molecule has 1 aliphatic rings. The lowest BCUT2D eigenvalue weighted by atomic mass is 10.3. The largest absolute Gasteiger partial charge is 0.750 e. The second-order valence-electron chi connectivity index (χ2n) is 7.76. The second-order valence-corrected chi connectivity index (χ2v) is 11.0. The van der Waals surface area contributed by atoms with Gasteiger partial charge in [0.1, 0.15) is 17.3 Å². The Kier molecular flexibility index (Phi) is 43.7. The first-order valence-electron chi connectivity index (χ1n) is 12.2. The van der Waals surface area contributed by atoms with Crippen LogP contribution in [-0.4, -0.2) is 92.6 Å². The van der Waals surface area contributed by atoms with Crippen molar-refractivity contribution in [2.75, 3.05) is 45.0 Å². The van der Waals surface area contributed by atoms with Crippen LogP contribution in [0, 0.1) is 0 Å². The monoisotopic (exact) mass is 690 g/mol. The summed E-state index contributed by atoms with van der Waals surface area (Å²) in [5, 5.41) is 8.52. The number of Topliss-reactive ketones (excluding diaryl/α,β-unsaturated/α-hetero) is 1. The Morgan fingerprint density at radius 1 is 0.977 bits per heavy atom. The SMILES string of the molecule is C.C.C.CC(=O)CC(=O)NS(=O)(=O)[O-].CC1=CC(=O)CS(=O)(=O)O1.CC[NH+](CC)CC.CC[NH+](CC)CC.O=S([O-])O[O-]. The summed E-state index contributed by atoms with van der Waals surface area (Å²) in [5.74, 6) is -2.44. The van der Waals surface area contributed by atoms with Crippen molar-refractivity contribution >= 4 is 49.3 Å². The Morgan fingerprint density at radius 2 is 1.30 bits per heavy atom. The Morgan fingerprint density at radius 3 is 1.47 bits per heavy atom. The number of ketones is 2. The summed E-state index contributed by atoms with van der Waals surface area (Å²) in [6, 6.07) is 0. The summed E-state index contributed by atoms with van der Waals surface area (Å²) >= 11 is -2.88. The maximum atomic E-state index is 10.6. The third-order valence-electron chi connectivity index (χ3n) is 4.65. The Hall–Kier alpha value is -1.84. The van der Waals surface area contributed by atoms with Crippen molar-refractivity contribution < 1.29 is 68.1 Å². The molecule has 43 heavy (non-hydrogen) atoms. The Labute approximate surface area is 262 Å². The fourth-order valence-electron chi connectivity index (χ4n) is 2.60. The molecule has 0 fully saturated rings. The van der Waals surface area contributed by atoms with Gasteiger partial charge in [0, 0.05) is 6.08 Å². The van der Waals surface area contributed by atoms with E-state index in [9.17, 15) is 35.8 Å². The zero-order valence-corrected chi connectivity index (χ0v) is 26.7. The van der Waals surface area contributed by atoms with Gasteiger partial charge in [0.15, 0.2) is 16.1 Å². The van der Waals surface area contributed by atoms with Gasteiger partial charge in [0.2, 0.25) is 5.91 Å². The number of allylic oxidation sites excluding steroid dienone is 2. The number of hydrogen-bond acceptors (Lipinski definition) is 13. The van der Waals surface area contributed by atoms with E-state index in [1.165, 1.54) is 52.3 Å². The predicted octanol–water partition coefficient (Wildman–Crippen LogP) is -1.80. The van der Waals surface area contributed by atoms with Crippen molar-refractivity contribution in [1.82, 2.24) is 4.72 Å². The zero-order valence-electron chi connectivity index (χ0n) is 24.3. The molecular formula is C24H56N3O13S3-. The van der Waals surface area contributed by atoms with E-state index in [-0.39, 0.29) is 28.0 Å². The average Bonchev–Trinajstić information content (AvgIpc) is 2.79. The molecule has 1 rings (SSSR count). The van der Waals surface area contributed by atoms with Crippen LogP contribution in [0.4, 0.5) is 0 Å². The van der Waals surface area contributed by atoms with Crippen LogP contribution in [0.5, 0.6) is 0 Å². The molecule has 3 N–H and O–H groups in total. The van der Waals surface area contributed by atoms with Gasteiger partial charge >= 0.3 is 10.1 Å². The molecule has 0 bridgehead atoms. The standard InChI is InChI=1S/2C6H15N.C5H6O4S.C4H7NO5S.3CH4.H2O4S/c2*1-4-7(5-2)6-3;1-4-2-5(6)3-10(7,8)9-4;1-3(6)2-4(7)5-11(8,9)10;;;;1-4-5(2)3/h2*4-6H2,1-3H3;2H,3H2,1H3;2H2,1H3,(H,5,7)(H,8,9,10);3*1H4;1H,(H,2,3)/p-1. The van der Waals surface area contributed by atoms with Crippen LogP contribution in [-0.2, 0) is 54.7 Å². The van der Waals surface area contributed by atoms with Crippen molar-refractivity contribution in [3.63, 3.8) is 0 Å². The van der Waals surface area contributed by atoms with E-state index in [4.69, 9.17) is 14.0 Å². The summed E-state index contributed by atoms with van der Waals surface area (Å²) in [4.78, 5) is 34.5. The predicted molar refractivity (Wildman–Crippen MR) is 162 cm³/mol. The molecule has 16 nitrogen and oxygen atoms in total. The molecule has 0 saturated heterocycles.